The van der Waals surface area contributed by atoms with E-state index in [9.17, 15) is 19.5 Å². The lowest BCUT2D eigenvalue weighted by atomic mass is 9.89. The predicted molar refractivity (Wildman–Crippen MR) is 221 cm³/mol. The number of phenolic OH excluding ortho intramolecular Hbond substituents is 1. The number of anilines is 1. The summed E-state index contributed by atoms with van der Waals surface area (Å²) in [6.45, 7) is 10.7. The van der Waals surface area contributed by atoms with Crippen molar-refractivity contribution in [1.82, 2.24) is 40.4 Å². The third kappa shape index (κ3) is 7.90. The van der Waals surface area contributed by atoms with Crippen molar-refractivity contribution in [3.8, 4) is 27.4 Å². The second kappa shape index (κ2) is 16.4. The third-order valence-electron chi connectivity index (χ3n) is 11.4. The molecular formula is C43H47N9O5S. The van der Waals surface area contributed by atoms with Gasteiger partial charge < -0.3 is 34.6 Å². The second-order valence-corrected chi connectivity index (χ2v) is 16.4. The van der Waals surface area contributed by atoms with Gasteiger partial charge in [-0.25, -0.2) is 4.98 Å². The molecule has 0 unspecified atom stereocenters. The van der Waals surface area contributed by atoms with Crippen LogP contribution in [-0.4, -0.2) is 96.7 Å². The van der Waals surface area contributed by atoms with Crippen LogP contribution < -0.4 is 10.2 Å². The molecule has 6 aromatic rings. The van der Waals surface area contributed by atoms with Gasteiger partial charge in [0, 0.05) is 62.1 Å². The number of hydrogen-bond acceptors (Lipinski definition) is 11. The summed E-state index contributed by atoms with van der Waals surface area (Å²) in [6, 6.07) is 19.9. The summed E-state index contributed by atoms with van der Waals surface area (Å²) in [5.74, 6) is 0.913. The number of aryl methyl sites for hydroxylation is 1. The van der Waals surface area contributed by atoms with E-state index in [1.165, 1.54) is 0 Å². The highest BCUT2D eigenvalue weighted by atomic mass is 32.1. The van der Waals surface area contributed by atoms with Gasteiger partial charge in [0.25, 0.3) is 5.91 Å². The average molecular weight is 802 g/mol. The average Bonchev–Trinajstić information content (AvgIpc) is 4.07. The van der Waals surface area contributed by atoms with Gasteiger partial charge in [0.15, 0.2) is 11.5 Å². The first-order valence-corrected chi connectivity index (χ1v) is 20.7. The molecule has 2 aliphatic heterocycles. The molecule has 2 aromatic carbocycles. The molecule has 0 aliphatic carbocycles. The molecule has 0 radical (unpaired) electrons. The zero-order chi connectivity index (χ0) is 40.5. The summed E-state index contributed by atoms with van der Waals surface area (Å²) in [5.41, 5.74) is 6.93. The molecule has 3 atom stereocenters. The number of amides is 3. The SMILES string of the molecule is Cc1ncsc1-c1ccc([C@H](C)NC(=O)[C@@H]2CCCN2C(=O)C[C@@H](c2cc(N3CCN(C(=O)c4cc5cc(-c6ccccc6O)nnc5[nH]4)CC3)no2)C(C)C)cc1. The third-order valence-corrected chi connectivity index (χ3v) is 12.4. The van der Waals surface area contributed by atoms with Crippen LogP contribution in [0.1, 0.15) is 79.5 Å². The summed E-state index contributed by atoms with van der Waals surface area (Å²) >= 11 is 1.61. The molecule has 2 aliphatic rings. The Morgan fingerprint density at radius 3 is 2.48 bits per heavy atom. The Morgan fingerprint density at radius 2 is 1.76 bits per heavy atom. The molecule has 58 heavy (non-hydrogen) atoms. The highest BCUT2D eigenvalue weighted by Gasteiger charge is 2.37. The van der Waals surface area contributed by atoms with Gasteiger partial charge in [0.1, 0.15) is 23.2 Å². The number of H-pyrrole nitrogens is 1. The second-order valence-electron chi connectivity index (χ2n) is 15.5. The standard InChI is InChI=1S/C43H47N9O5S/c1-25(2)32(22-39(54)52-15-7-9-35(52)42(55)45-26(3)28-11-13-29(14-12-28)40-27(4)44-24-58-40)37-23-38(49-57-37)50-16-18-51(19-17-50)43(56)34-21-30-20-33(47-48-41(30)46-34)31-8-5-6-10-36(31)53/h5-6,8,10-14,20-21,23-26,32,35,53H,7,9,15-19,22H2,1-4H3,(H,45,55)(H,46,48)/t26-,32+,35-/m0/s1. The largest absolute Gasteiger partial charge is 0.507 e. The fourth-order valence-electron chi connectivity index (χ4n) is 7.98. The number of rotatable bonds is 11. The quantitative estimate of drug-likeness (QED) is 0.128. The van der Waals surface area contributed by atoms with Crippen molar-refractivity contribution in [2.75, 3.05) is 37.6 Å². The van der Waals surface area contributed by atoms with Gasteiger partial charge in [0.05, 0.1) is 27.8 Å². The maximum atomic E-state index is 13.9. The number of carbonyl (C=O) groups excluding carboxylic acids is 3. The minimum absolute atomic E-state index is 0.0734. The van der Waals surface area contributed by atoms with Crippen LogP contribution in [0, 0.1) is 12.8 Å². The van der Waals surface area contributed by atoms with Crippen molar-refractivity contribution >= 4 is 45.9 Å². The molecule has 8 rings (SSSR count). The van der Waals surface area contributed by atoms with E-state index in [4.69, 9.17) is 4.52 Å². The van der Waals surface area contributed by atoms with Crippen LogP contribution in [0.5, 0.6) is 5.75 Å². The molecule has 3 N–H and O–H groups in total. The van der Waals surface area contributed by atoms with Gasteiger partial charge in [-0.05, 0) is 68.0 Å². The molecule has 3 amide bonds. The predicted octanol–water partition coefficient (Wildman–Crippen LogP) is 6.71. The minimum atomic E-state index is -0.523. The number of hydrogen-bond donors (Lipinski definition) is 3. The number of benzene rings is 2. The van der Waals surface area contributed by atoms with Gasteiger partial charge in [-0.2, -0.15) is 0 Å². The molecule has 0 saturated carbocycles. The number of carbonyl (C=O) groups is 3. The van der Waals surface area contributed by atoms with E-state index >= 15 is 0 Å². The van der Waals surface area contributed by atoms with Crippen LogP contribution in [0.25, 0.3) is 32.7 Å². The lowest BCUT2D eigenvalue weighted by molar-refractivity contribution is -0.139. The molecule has 2 saturated heterocycles. The maximum absolute atomic E-state index is 13.9. The first kappa shape index (κ1) is 38.8. The Kier molecular flexibility index (Phi) is 11.0. The topological polar surface area (TPSA) is 174 Å². The highest BCUT2D eigenvalue weighted by Crippen LogP contribution is 2.34. The van der Waals surface area contributed by atoms with Crippen molar-refractivity contribution in [1.29, 1.82) is 0 Å². The summed E-state index contributed by atoms with van der Waals surface area (Å²) < 4.78 is 5.89. The Hall–Kier alpha value is -6.09. The molecule has 6 heterocycles. The molecule has 14 nitrogen and oxygen atoms in total. The molecule has 0 spiro atoms. The Morgan fingerprint density at radius 1 is 0.983 bits per heavy atom. The molecular weight excluding hydrogens is 755 g/mol. The Labute approximate surface area is 340 Å². The number of phenols is 1. The number of aromatic nitrogens is 5. The first-order chi connectivity index (χ1) is 28.0. The highest BCUT2D eigenvalue weighted by molar-refractivity contribution is 7.13. The normalized spacial score (nSPS) is 16.9. The van der Waals surface area contributed by atoms with E-state index < -0.39 is 6.04 Å². The summed E-state index contributed by atoms with van der Waals surface area (Å²) in [6.07, 6.45) is 1.59. The monoisotopic (exact) mass is 801 g/mol. The summed E-state index contributed by atoms with van der Waals surface area (Å²) in [4.78, 5) is 55.2. The van der Waals surface area contributed by atoms with Crippen molar-refractivity contribution in [3.05, 3.63) is 95.0 Å². The first-order valence-electron chi connectivity index (χ1n) is 19.8. The lowest BCUT2D eigenvalue weighted by Gasteiger charge is -2.34. The molecule has 4 aromatic heterocycles. The van der Waals surface area contributed by atoms with Crippen molar-refractivity contribution in [2.24, 2.45) is 5.92 Å². The fraction of sp³-hybridized carbons (Fsp3) is 0.372. The number of aromatic amines is 1. The smallest absolute Gasteiger partial charge is 0.270 e. The Bertz CT molecular complexity index is 2430. The number of aromatic hydroxyl groups is 1. The Balaban J connectivity index is 0.859. The van der Waals surface area contributed by atoms with E-state index in [1.54, 1.807) is 51.5 Å². The molecule has 0 bridgehead atoms. The van der Waals surface area contributed by atoms with Crippen LogP contribution in [0.3, 0.4) is 0 Å². The number of nitrogens with one attached hydrogen (secondary N) is 2. The fourth-order valence-corrected chi connectivity index (χ4v) is 8.80. The van der Waals surface area contributed by atoms with E-state index in [-0.39, 0.29) is 47.8 Å². The molecule has 2 fully saturated rings. The number of nitrogens with zero attached hydrogens (tertiary/aromatic N) is 7. The van der Waals surface area contributed by atoms with Crippen molar-refractivity contribution < 1.29 is 24.0 Å². The number of fused-ring (bicyclic) bond motifs is 1. The zero-order valence-corrected chi connectivity index (χ0v) is 33.8. The minimum Gasteiger partial charge on any atom is -0.507 e. The van der Waals surface area contributed by atoms with Crippen LogP contribution in [-0.2, 0) is 9.59 Å². The van der Waals surface area contributed by atoms with Gasteiger partial charge in [0.2, 0.25) is 11.8 Å². The molecule has 15 heteroatoms. The van der Waals surface area contributed by atoms with Crippen LogP contribution in [0.15, 0.2) is 76.8 Å². The van der Waals surface area contributed by atoms with Crippen LogP contribution >= 0.6 is 11.3 Å². The van der Waals surface area contributed by atoms with E-state index in [1.807, 2.05) is 43.6 Å². The van der Waals surface area contributed by atoms with Crippen LogP contribution in [0.4, 0.5) is 5.82 Å². The van der Waals surface area contributed by atoms with E-state index in [0.29, 0.717) is 73.3 Å². The lowest BCUT2D eigenvalue weighted by Crippen LogP contribution is -2.49. The van der Waals surface area contributed by atoms with Crippen molar-refractivity contribution in [2.45, 2.75) is 65.0 Å². The number of piperazine rings is 1. The summed E-state index contributed by atoms with van der Waals surface area (Å²) in [7, 11) is 0. The van der Waals surface area contributed by atoms with Gasteiger partial charge in [-0.15, -0.1) is 21.5 Å². The summed E-state index contributed by atoms with van der Waals surface area (Å²) in [5, 5.41) is 27.0. The number of thiazole rings is 1. The molecule has 300 valence electrons. The maximum Gasteiger partial charge on any atom is 0.270 e. The van der Waals surface area contributed by atoms with E-state index in [0.717, 1.165) is 33.5 Å². The van der Waals surface area contributed by atoms with Gasteiger partial charge >= 0.3 is 0 Å². The van der Waals surface area contributed by atoms with Gasteiger partial charge in [-0.3, -0.25) is 14.4 Å². The van der Waals surface area contributed by atoms with Crippen LogP contribution in [0.2, 0.25) is 0 Å². The zero-order valence-electron chi connectivity index (χ0n) is 33.0. The van der Waals surface area contributed by atoms with E-state index in [2.05, 4.69) is 61.5 Å². The number of para-hydroxylation sites is 1. The van der Waals surface area contributed by atoms with Gasteiger partial charge in [-0.1, -0.05) is 55.4 Å². The van der Waals surface area contributed by atoms with Crippen molar-refractivity contribution in [3.63, 3.8) is 0 Å². The number of likely N-dealkylation sites (tertiary alicyclic amines) is 1.